The maximum Gasteiger partial charge on any atom is 0.285 e. The van der Waals surface area contributed by atoms with Gasteiger partial charge in [-0.15, -0.1) is 4.40 Å². The molecule has 8 nitrogen and oxygen atoms in total. The highest BCUT2D eigenvalue weighted by Crippen LogP contribution is 2.31. The number of piperazine rings is 1. The molecule has 0 unspecified atom stereocenters. The van der Waals surface area contributed by atoms with Gasteiger partial charge in [0.05, 0.1) is 5.69 Å². The highest BCUT2D eigenvalue weighted by molar-refractivity contribution is 7.90. The molecule has 0 aliphatic carbocycles. The van der Waals surface area contributed by atoms with Gasteiger partial charge < -0.3 is 9.80 Å². The van der Waals surface area contributed by atoms with Crippen LogP contribution in [0.4, 0.5) is 0 Å². The van der Waals surface area contributed by atoms with Crippen molar-refractivity contribution in [3.63, 3.8) is 0 Å². The lowest BCUT2D eigenvalue weighted by molar-refractivity contribution is -0.136. The molecule has 1 atom stereocenters. The molecule has 9 heteroatoms. The van der Waals surface area contributed by atoms with Crippen LogP contribution in [0, 0.1) is 0 Å². The van der Waals surface area contributed by atoms with Crippen LogP contribution in [-0.2, 0) is 21.4 Å². The van der Waals surface area contributed by atoms with Crippen LogP contribution in [0.2, 0.25) is 0 Å². The molecule has 0 bridgehead atoms. The van der Waals surface area contributed by atoms with Crippen molar-refractivity contribution in [2.45, 2.75) is 30.3 Å². The lowest BCUT2D eigenvalue weighted by atomic mass is 10.1. The van der Waals surface area contributed by atoms with Crippen molar-refractivity contribution in [3.8, 4) is 0 Å². The van der Waals surface area contributed by atoms with Gasteiger partial charge in [0, 0.05) is 51.0 Å². The minimum atomic E-state index is -3.69. The van der Waals surface area contributed by atoms with Crippen molar-refractivity contribution in [2.75, 3.05) is 32.7 Å². The van der Waals surface area contributed by atoms with Crippen LogP contribution >= 0.6 is 0 Å². The number of carbonyl (C=O) groups is 1. The van der Waals surface area contributed by atoms with Gasteiger partial charge in [0.1, 0.15) is 10.9 Å². The number of carbonyl (C=O) groups excluding carboxylic acids is 1. The summed E-state index contributed by atoms with van der Waals surface area (Å²) in [4.78, 5) is 24.1. The Balaban J connectivity index is 1.27. The zero-order valence-corrected chi connectivity index (χ0v) is 18.0. The minimum Gasteiger partial charge on any atom is -0.343 e. The third-order valence-electron chi connectivity index (χ3n) is 6.22. The summed E-state index contributed by atoms with van der Waals surface area (Å²) in [6.07, 6.45) is 3.36. The fourth-order valence-electron chi connectivity index (χ4n) is 4.63. The molecular formula is C22H25N5O3S. The molecule has 3 aliphatic heterocycles. The predicted octanol–water partition coefficient (Wildman–Crippen LogP) is 1.34. The molecule has 1 aromatic carbocycles. The summed E-state index contributed by atoms with van der Waals surface area (Å²) in [5.74, 6) is 0.486. The van der Waals surface area contributed by atoms with Crippen molar-refractivity contribution in [3.05, 3.63) is 59.9 Å². The number of hydrogen-bond acceptors (Lipinski definition) is 6. The number of benzene rings is 1. The van der Waals surface area contributed by atoms with Gasteiger partial charge in [0.2, 0.25) is 5.91 Å². The summed E-state index contributed by atoms with van der Waals surface area (Å²) in [6.45, 7) is 4.34. The number of fused-ring (bicyclic) bond motifs is 1. The summed E-state index contributed by atoms with van der Waals surface area (Å²) in [6, 6.07) is 12.4. The quantitative estimate of drug-likeness (QED) is 0.718. The number of hydrogen-bond donors (Lipinski definition) is 0. The second-order valence-corrected chi connectivity index (χ2v) is 9.73. The number of sulfonamides is 1. The van der Waals surface area contributed by atoms with Crippen molar-refractivity contribution in [1.82, 2.24) is 19.7 Å². The number of amides is 1. The third-order valence-corrected chi connectivity index (χ3v) is 7.54. The van der Waals surface area contributed by atoms with Crippen LogP contribution in [-0.4, -0.2) is 78.6 Å². The van der Waals surface area contributed by atoms with E-state index in [4.69, 9.17) is 0 Å². The average molecular weight is 440 g/mol. The molecule has 0 spiro atoms. The van der Waals surface area contributed by atoms with Gasteiger partial charge in [-0.3, -0.25) is 14.7 Å². The van der Waals surface area contributed by atoms with E-state index < -0.39 is 10.0 Å². The van der Waals surface area contributed by atoms with E-state index in [0.29, 0.717) is 37.5 Å². The Morgan fingerprint density at radius 1 is 1.00 bits per heavy atom. The Labute approximate surface area is 182 Å². The number of pyridine rings is 1. The Bertz CT molecular complexity index is 1110. The van der Waals surface area contributed by atoms with Crippen LogP contribution in [0.5, 0.6) is 0 Å². The van der Waals surface area contributed by atoms with Gasteiger partial charge in [-0.2, -0.15) is 8.42 Å². The van der Waals surface area contributed by atoms with Gasteiger partial charge in [-0.25, -0.2) is 0 Å². The SMILES string of the molecule is O=C([C@@H]1CCCN1C1=NS(=O)(=O)c2ccccc21)N1CCN(Cc2ccccn2)CC1. The molecule has 2 fully saturated rings. The van der Waals surface area contributed by atoms with E-state index in [9.17, 15) is 13.2 Å². The Hall–Kier alpha value is -2.78. The summed E-state index contributed by atoms with van der Waals surface area (Å²) in [7, 11) is -3.69. The molecule has 162 valence electrons. The van der Waals surface area contributed by atoms with E-state index >= 15 is 0 Å². The van der Waals surface area contributed by atoms with Crippen LogP contribution < -0.4 is 0 Å². The second kappa shape index (κ2) is 8.05. The van der Waals surface area contributed by atoms with Crippen molar-refractivity contribution in [1.29, 1.82) is 0 Å². The van der Waals surface area contributed by atoms with E-state index in [0.717, 1.165) is 31.7 Å². The summed E-state index contributed by atoms with van der Waals surface area (Å²) in [5.41, 5.74) is 1.63. The molecule has 1 amide bonds. The molecule has 4 heterocycles. The average Bonchev–Trinajstić information content (AvgIpc) is 3.37. The lowest BCUT2D eigenvalue weighted by Crippen LogP contribution is -2.54. The molecule has 0 radical (unpaired) electrons. The summed E-state index contributed by atoms with van der Waals surface area (Å²) in [5, 5.41) is 0. The largest absolute Gasteiger partial charge is 0.343 e. The number of likely N-dealkylation sites (tertiary alicyclic amines) is 1. The molecule has 0 saturated carbocycles. The van der Waals surface area contributed by atoms with Crippen LogP contribution in [0.1, 0.15) is 24.1 Å². The zero-order valence-electron chi connectivity index (χ0n) is 17.2. The summed E-state index contributed by atoms with van der Waals surface area (Å²) < 4.78 is 29.0. The number of amidine groups is 1. The molecule has 3 aliphatic rings. The second-order valence-electron chi connectivity index (χ2n) is 8.16. The number of rotatable bonds is 3. The Kier molecular flexibility index (Phi) is 5.23. The topological polar surface area (TPSA) is 86.2 Å². The molecular weight excluding hydrogens is 414 g/mol. The molecule has 2 saturated heterocycles. The highest BCUT2D eigenvalue weighted by Gasteiger charge is 2.40. The van der Waals surface area contributed by atoms with Gasteiger partial charge in [-0.1, -0.05) is 18.2 Å². The maximum absolute atomic E-state index is 13.4. The molecule has 0 N–H and O–H groups in total. The standard InChI is InChI=1S/C22H25N5O3S/c28-22(26-14-12-25(13-15-26)16-17-6-3-4-10-23-17)19-8-5-11-27(19)21-18-7-1-2-9-20(18)31(29,30)24-21/h1-4,6-7,9-10,19H,5,8,11-16H2/t19-/m0/s1. The lowest BCUT2D eigenvalue weighted by Gasteiger charge is -2.37. The first-order chi connectivity index (χ1) is 15.0. The van der Waals surface area contributed by atoms with Crippen molar-refractivity contribution < 1.29 is 13.2 Å². The van der Waals surface area contributed by atoms with Gasteiger partial charge in [0.25, 0.3) is 10.0 Å². The number of nitrogens with zero attached hydrogens (tertiary/aromatic N) is 5. The van der Waals surface area contributed by atoms with Crippen LogP contribution in [0.3, 0.4) is 0 Å². The zero-order chi connectivity index (χ0) is 21.4. The van der Waals surface area contributed by atoms with Gasteiger partial charge in [-0.05, 0) is 37.1 Å². The Morgan fingerprint density at radius 2 is 1.77 bits per heavy atom. The van der Waals surface area contributed by atoms with E-state index in [1.807, 2.05) is 34.1 Å². The first-order valence-electron chi connectivity index (χ1n) is 10.6. The van der Waals surface area contributed by atoms with Gasteiger partial charge in [0.15, 0.2) is 5.84 Å². The molecule has 31 heavy (non-hydrogen) atoms. The summed E-state index contributed by atoms with van der Waals surface area (Å²) >= 11 is 0. The highest BCUT2D eigenvalue weighted by atomic mass is 32.2. The van der Waals surface area contributed by atoms with E-state index in [1.54, 1.807) is 24.4 Å². The first-order valence-corrected chi connectivity index (χ1v) is 12.1. The van der Waals surface area contributed by atoms with E-state index in [1.165, 1.54) is 0 Å². The monoisotopic (exact) mass is 439 g/mol. The normalized spacial score (nSPS) is 23.0. The van der Waals surface area contributed by atoms with Crippen LogP contribution in [0.25, 0.3) is 0 Å². The predicted molar refractivity (Wildman–Crippen MR) is 116 cm³/mol. The smallest absolute Gasteiger partial charge is 0.285 e. The number of aromatic nitrogens is 1. The first kappa shape index (κ1) is 20.1. The fourth-order valence-corrected chi connectivity index (χ4v) is 5.85. The fraction of sp³-hybridized carbons (Fsp3) is 0.409. The minimum absolute atomic E-state index is 0.0689. The van der Waals surface area contributed by atoms with E-state index in [2.05, 4.69) is 14.3 Å². The third kappa shape index (κ3) is 3.83. The van der Waals surface area contributed by atoms with Crippen molar-refractivity contribution >= 4 is 21.8 Å². The Morgan fingerprint density at radius 3 is 2.55 bits per heavy atom. The van der Waals surface area contributed by atoms with Crippen LogP contribution in [0.15, 0.2) is 58.0 Å². The van der Waals surface area contributed by atoms with E-state index in [-0.39, 0.29) is 16.8 Å². The van der Waals surface area contributed by atoms with Gasteiger partial charge >= 0.3 is 0 Å². The molecule has 1 aromatic heterocycles. The molecule has 5 rings (SSSR count). The molecule has 2 aromatic rings. The maximum atomic E-state index is 13.4. The van der Waals surface area contributed by atoms with Crippen molar-refractivity contribution in [2.24, 2.45) is 4.40 Å².